The Morgan fingerprint density at radius 2 is 1.88 bits per heavy atom. The van der Waals surface area contributed by atoms with Crippen molar-refractivity contribution in [1.29, 1.82) is 0 Å². The summed E-state index contributed by atoms with van der Waals surface area (Å²) in [5.74, 6) is -0.888. The Bertz CT molecular complexity index is 972. The average Bonchev–Trinajstić information content (AvgIpc) is 2.92. The summed E-state index contributed by atoms with van der Waals surface area (Å²) in [6.07, 6.45) is 4.36. The van der Waals surface area contributed by atoms with Crippen molar-refractivity contribution in [3.05, 3.63) is 77.8 Å². The molecule has 3 aromatic rings. The fourth-order valence-corrected chi connectivity index (χ4v) is 2.55. The molecule has 1 aromatic heterocycles. The van der Waals surface area contributed by atoms with Gasteiger partial charge in [0.05, 0.1) is 11.9 Å². The van der Waals surface area contributed by atoms with Crippen LogP contribution in [0, 0.1) is 18.6 Å². The van der Waals surface area contributed by atoms with E-state index in [-0.39, 0.29) is 5.56 Å². The molecule has 6 heteroatoms. The normalized spacial score (nSPS) is 11.1. The molecule has 1 amide bonds. The number of anilines is 1. The van der Waals surface area contributed by atoms with Crippen LogP contribution >= 0.6 is 0 Å². The van der Waals surface area contributed by atoms with Crippen LogP contribution in [0.25, 0.3) is 17.3 Å². The second kappa shape index (κ2) is 7.31. The van der Waals surface area contributed by atoms with E-state index in [1.165, 1.54) is 12.2 Å². The summed E-state index contributed by atoms with van der Waals surface area (Å²) >= 11 is 0. The number of rotatable bonds is 4. The number of hydrogen-bond donors (Lipinski definition) is 1. The summed E-state index contributed by atoms with van der Waals surface area (Å²) < 4.78 is 28.3. The summed E-state index contributed by atoms with van der Waals surface area (Å²) in [7, 11) is 1.92. The molecule has 0 unspecified atom stereocenters. The first kappa shape index (κ1) is 17.5. The van der Waals surface area contributed by atoms with E-state index in [0.29, 0.717) is 5.69 Å². The van der Waals surface area contributed by atoms with Gasteiger partial charge in [-0.1, -0.05) is 12.1 Å². The number of carbonyl (C=O) groups is 1. The van der Waals surface area contributed by atoms with Crippen LogP contribution in [0.2, 0.25) is 0 Å². The smallest absolute Gasteiger partial charge is 0.248 e. The van der Waals surface area contributed by atoms with Gasteiger partial charge in [-0.15, -0.1) is 0 Å². The lowest BCUT2D eigenvalue weighted by atomic mass is 10.1. The van der Waals surface area contributed by atoms with Crippen molar-refractivity contribution < 1.29 is 13.6 Å². The van der Waals surface area contributed by atoms with Gasteiger partial charge in [-0.05, 0) is 42.8 Å². The number of nitrogens with zero attached hydrogens (tertiary/aromatic N) is 2. The Kier molecular flexibility index (Phi) is 4.93. The van der Waals surface area contributed by atoms with E-state index in [2.05, 4.69) is 10.3 Å². The minimum absolute atomic E-state index is 0.275. The van der Waals surface area contributed by atoms with E-state index in [4.69, 9.17) is 0 Å². The molecule has 0 saturated heterocycles. The minimum Gasteiger partial charge on any atom is -0.331 e. The monoisotopic (exact) mass is 353 g/mol. The molecule has 132 valence electrons. The Labute approximate surface area is 149 Å². The molecule has 0 aliphatic heterocycles. The van der Waals surface area contributed by atoms with E-state index in [0.717, 1.165) is 35.3 Å². The highest BCUT2D eigenvalue weighted by molar-refractivity contribution is 6.02. The molecule has 3 rings (SSSR count). The van der Waals surface area contributed by atoms with Crippen LogP contribution in [0.3, 0.4) is 0 Å². The molecule has 1 heterocycles. The Balaban J connectivity index is 1.74. The lowest BCUT2D eigenvalue weighted by molar-refractivity contribution is -0.111. The lowest BCUT2D eigenvalue weighted by Crippen LogP contribution is -2.07. The van der Waals surface area contributed by atoms with Crippen molar-refractivity contribution in [3.63, 3.8) is 0 Å². The SMILES string of the molecule is Cc1ncc(-c2cccc(NC(=O)C=Cc3cc(F)cc(F)c3)c2)n1C. The van der Waals surface area contributed by atoms with E-state index in [1.807, 2.05) is 36.7 Å². The molecule has 0 saturated carbocycles. The van der Waals surface area contributed by atoms with Gasteiger partial charge in [0, 0.05) is 30.4 Å². The zero-order chi connectivity index (χ0) is 18.7. The Hall–Kier alpha value is -3.28. The second-order valence-corrected chi connectivity index (χ2v) is 5.86. The van der Waals surface area contributed by atoms with Gasteiger partial charge in [-0.25, -0.2) is 13.8 Å². The molecule has 4 nitrogen and oxygen atoms in total. The van der Waals surface area contributed by atoms with Gasteiger partial charge in [0.1, 0.15) is 17.5 Å². The van der Waals surface area contributed by atoms with Crippen LogP contribution in [-0.2, 0) is 11.8 Å². The molecule has 0 aliphatic rings. The largest absolute Gasteiger partial charge is 0.331 e. The number of aromatic nitrogens is 2. The summed E-state index contributed by atoms with van der Waals surface area (Å²) in [6, 6.07) is 10.4. The second-order valence-electron chi connectivity index (χ2n) is 5.86. The fourth-order valence-electron chi connectivity index (χ4n) is 2.55. The van der Waals surface area contributed by atoms with E-state index in [9.17, 15) is 13.6 Å². The maximum Gasteiger partial charge on any atom is 0.248 e. The van der Waals surface area contributed by atoms with Crippen molar-refractivity contribution >= 4 is 17.7 Å². The van der Waals surface area contributed by atoms with Crippen molar-refractivity contribution in [3.8, 4) is 11.3 Å². The van der Waals surface area contributed by atoms with Crippen LogP contribution in [0.4, 0.5) is 14.5 Å². The van der Waals surface area contributed by atoms with Crippen molar-refractivity contribution in [1.82, 2.24) is 9.55 Å². The zero-order valence-electron chi connectivity index (χ0n) is 14.3. The average molecular weight is 353 g/mol. The highest BCUT2D eigenvalue weighted by Crippen LogP contribution is 2.23. The number of imidazole rings is 1. The molecule has 1 N–H and O–H groups in total. The van der Waals surface area contributed by atoms with Crippen LogP contribution in [0.5, 0.6) is 0 Å². The maximum absolute atomic E-state index is 13.2. The number of carbonyl (C=O) groups excluding carboxylic acids is 1. The van der Waals surface area contributed by atoms with Gasteiger partial charge in [-0.2, -0.15) is 0 Å². The number of benzene rings is 2. The predicted octanol–water partition coefficient (Wildman–Crippen LogP) is 4.33. The highest BCUT2D eigenvalue weighted by Gasteiger charge is 2.07. The van der Waals surface area contributed by atoms with Gasteiger partial charge in [-0.3, -0.25) is 4.79 Å². The third kappa shape index (κ3) is 4.03. The maximum atomic E-state index is 13.2. The molecule has 0 spiro atoms. The summed E-state index contributed by atoms with van der Waals surface area (Å²) in [5, 5.41) is 2.73. The van der Waals surface area contributed by atoms with Crippen molar-refractivity contribution in [2.75, 3.05) is 5.32 Å². The first-order valence-corrected chi connectivity index (χ1v) is 7.96. The number of nitrogens with one attached hydrogen (secondary N) is 1. The van der Waals surface area contributed by atoms with Gasteiger partial charge in [0.2, 0.25) is 5.91 Å². The van der Waals surface area contributed by atoms with E-state index in [1.54, 1.807) is 12.3 Å². The highest BCUT2D eigenvalue weighted by atomic mass is 19.1. The number of aryl methyl sites for hydroxylation is 1. The Morgan fingerprint density at radius 1 is 1.15 bits per heavy atom. The van der Waals surface area contributed by atoms with Crippen molar-refractivity contribution in [2.45, 2.75) is 6.92 Å². The standard InChI is InChI=1S/C20H17F2N3O/c1-13-23-12-19(25(13)2)15-4-3-5-18(10-15)24-20(26)7-6-14-8-16(21)11-17(22)9-14/h3-12H,1-2H3,(H,24,26). The topological polar surface area (TPSA) is 46.9 Å². The third-order valence-electron chi connectivity index (χ3n) is 3.96. The van der Waals surface area contributed by atoms with E-state index >= 15 is 0 Å². The third-order valence-corrected chi connectivity index (χ3v) is 3.96. The van der Waals surface area contributed by atoms with Crippen LogP contribution in [0.15, 0.2) is 54.7 Å². The first-order chi connectivity index (χ1) is 12.4. The molecule has 0 bridgehead atoms. The predicted molar refractivity (Wildman–Crippen MR) is 97.4 cm³/mol. The Morgan fingerprint density at radius 3 is 2.54 bits per heavy atom. The van der Waals surface area contributed by atoms with Gasteiger partial charge >= 0.3 is 0 Å². The molecule has 26 heavy (non-hydrogen) atoms. The molecular formula is C20H17F2N3O. The lowest BCUT2D eigenvalue weighted by Gasteiger charge is -2.07. The minimum atomic E-state index is -0.691. The quantitative estimate of drug-likeness (QED) is 0.710. The summed E-state index contributed by atoms with van der Waals surface area (Å²) in [6.45, 7) is 1.91. The molecular weight excluding hydrogens is 336 g/mol. The summed E-state index contributed by atoms with van der Waals surface area (Å²) in [4.78, 5) is 16.3. The summed E-state index contributed by atoms with van der Waals surface area (Å²) in [5.41, 5.74) is 2.74. The number of amides is 1. The molecule has 0 radical (unpaired) electrons. The van der Waals surface area contributed by atoms with Crippen LogP contribution in [-0.4, -0.2) is 15.5 Å². The van der Waals surface area contributed by atoms with Gasteiger partial charge in [0.25, 0.3) is 0 Å². The van der Waals surface area contributed by atoms with E-state index < -0.39 is 17.5 Å². The molecule has 0 atom stereocenters. The van der Waals surface area contributed by atoms with Crippen LogP contribution < -0.4 is 5.32 Å². The number of hydrogen-bond acceptors (Lipinski definition) is 2. The molecule has 2 aromatic carbocycles. The zero-order valence-corrected chi connectivity index (χ0v) is 14.3. The molecule has 0 aliphatic carbocycles. The number of halogens is 2. The molecule has 0 fully saturated rings. The first-order valence-electron chi connectivity index (χ1n) is 7.96. The van der Waals surface area contributed by atoms with Gasteiger partial charge in [0.15, 0.2) is 0 Å². The van der Waals surface area contributed by atoms with Crippen LogP contribution in [0.1, 0.15) is 11.4 Å². The van der Waals surface area contributed by atoms with Gasteiger partial charge < -0.3 is 9.88 Å². The fraction of sp³-hybridized carbons (Fsp3) is 0.100. The van der Waals surface area contributed by atoms with Crippen molar-refractivity contribution in [2.24, 2.45) is 7.05 Å².